The van der Waals surface area contributed by atoms with E-state index in [1.807, 2.05) is 13.8 Å². The summed E-state index contributed by atoms with van der Waals surface area (Å²) in [5, 5.41) is 10.4. The summed E-state index contributed by atoms with van der Waals surface area (Å²) < 4.78 is 11.1. The van der Waals surface area contributed by atoms with Crippen LogP contribution >= 0.6 is 23.2 Å². The molecule has 180 valence electrons. The van der Waals surface area contributed by atoms with Gasteiger partial charge in [-0.25, -0.2) is 0 Å². The number of aliphatic hydroxyl groups is 1. The summed E-state index contributed by atoms with van der Waals surface area (Å²) in [6.07, 6.45) is 16.7. The Kier molecular flexibility index (Phi) is 7.92. The van der Waals surface area contributed by atoms with Gasteiger partial charge in [0.1, 0.15) is 12.1 Å². The zero-order chi connectivity index (χ0) is 22.1. The van der Waals surface area contributed by atoms with Crippen LogP contribution in [-0.2, 0) is 9.47 Å². The normalized spacial score (nSPS) is 48.1. The number of halogens is 2. The molecule has 0 heterocycles. The summed E-state index contributed by atoms with van der Waals surface area (Å²) >= 11 is 11.2. The van der Waals surface area contributed by atoms with Crippen LogP contribution in [0.1, 0.15) is 97.3 Å². The average molecular weight is 476 g/mol. The van der Waals surface area contributed by atoms with Crippen LogP contribution in [0.25, 0.3) is 0 Å². The van der Waals surface area contributed by atoms with Gasteiger partial charge in [0.2, 0.25) is 0 Å². The highest BCUT2D eigenvalue weighted by Gasteiger charge is 2.57. The Hall–Kier alpha value is 0.460. The zero-order valence-corrected chi connectivity index (χ0v) is 21.2. The first-order chi connectivity index (χ1) is 14.9. The zero-order valence-electron chi connectivity index (χ0n) is 19.7. The molecule has 8 rings (SSSR count). The molecule has 3 nitrogen and oxygen atoms in total. The van der Waals surface area contributed by atoms with Crippen molar-refractivity contribution in [3.05, 3.63) is 0 Å². The second-order valence-corrected chi connectivity index (χ2v) is 12.2. The Morgan fingerprint density at radius 1 is 0.742 bits per heavy atom. The Balaban J connectivity index is 0.000000139. The van der Waals surface area contributed by atoms with Crippen LogP contribution in [0.5, 0.6) is 0 Å². The molecule has 0 aromatic carbocycles. The molecular formula is C26H44Cl2O3. The Morgan fingerprint density at radius 3 is 1.71 bits per heavy atom. The first-order valence-electron chi connectivity index (χ1n) is 13.0. The summed E-state index contributed by atoms with van der Waals surface area (Å²) in [6, 6.07) is 0.641. The fourth-order valence-electron chi connectivity index (χ4n) is 9.36. The van der Waals surface area contributed by atoms with E-state index in [4.69, 9.17) is 32.7 Å². The van der Waals surface area contributed by atoms with Crippen LogP contribution in [-0.4, -0.2) is 35.0 Å². The quantitative estimate of drug-likeness (QED) is 0.329. The Labute approximate surface area is 199 Å². The molecule has 5 heteroatoms. The van der Waals surface area contributed by atoms with E-state index in [0.717, 1.165) is 56.5 Å². The van der Waals surface area contributed by atoms with Crippen molar-refractivity contribution in [1.29, 1.82) is 0 Å². The van der Waals surface area contributed by atoms with Gasteiger partial charge in [0.15, 0.2) is 0 Å². The number of hydrogen-bond acceptors (Lipinski definition) is 3. The molecule has 8 aliphatic rings. The second kappa shape index (κ2) is 9.98. The predicted molar refractivity (Wildman–Crippen MR) is 127 cm³/mol. The molecule has 1 N–H and O–H groups in total. The van der Waals surface area contributed by atoms with E-state index >= 15 is 0 Å². The second-order valence-electron chi connectivity index (χ2n) is 11.8. The van der Waals surface area contributed by atoms with Gasteiger partial charge < -0.3 is 14.6 Å². The molecule has 0 aliphatic heterocycles. The Bertz CT molecular complexity index is 546. The van der Waals surface area contributed by atoms with E-state index in [9.17, 15) is 5.11 Å². The summed E-state index contributed by atoms with van der Waals surface area (Å²) in [5.41, 5.74) is 0.178. The molecule has 0 aromatic heterocycles. The van der Waals surface area contributed by atoms with Crippen molar-refractivity contribution in [3.63, 3.8) is 0 Å². The molecule has 8 bridgehead atoms. The SMILES string of the molecule is CC.ClCOCCC12CC3CC(CC(C3)C1)C2.OC12CC3CC(C1)CC(OCCl)(C3)C2. The van der Waals surface area contributed by atoms with Gasteiger partial charge in [-0.3, -0.25) is 0 Å². The van der Waals surface area contributed by atoms with Gasteiger partial charge in [-0.15, -0.1) is 0 Å². The first kappa shape index (κ1) is 24.6. The van der Waals surface area contributed by atoms with E-state index in [1.165, 1.54) is 51.4 Å². The highest BCUT2D eigenvalue weighted by Crippen LogP contribution is 2.61. The average Bonchev–Trinajstić information content (AvgIpc) is 2.67. The third-order valence-corrected chi connectivity index (χ3v) is 9.62. The molecule has 0 aromatic rings. The van der Waals surface area contributed by atoms with E-state index in [1.54, 1.807) is 0 Å². The van der Waals surface area contributed by atoms with Gasteiger partial charge in [0, 0.05) is 13.0 Å². The third-order valence-electron chi connectivity index (χ3n) is 9.36. The number of rotatable bonds is 6. The maximum Gasteiger partial charge on any atom is 0.121 e. The maximum absolute atomic E-state index is 10.4. The van der Waals surface area contributed by atoms with E-state index in [0.29, 0.717) is 23.3 Å². The van der Waals surface area contributed by atoms with Gasteiger partial charge in [-0.05, 0) is 112 Å². The highest BCUT2D eigenvalue weighted by molar-refractivity contribution is 6.17. The van der Waals surface area contributed by atoms with Crippen LogP contribution in [0, 0.1) is 35.0 Å². The van der Waals surface area contributed by atoms with Crippen molar-refractivity contribution < 1.29 is 14.6 Å². The predicted octanol–water partition coefficient (Wildman–Crippen LogP) is 7.12. The Morgan fingerprint density at radius 2 is 1.26 bits per heavy atom. The van der Waals surface area contributed by atoms with Crippen LogP contribution < -0.4 is 0 Å². The van der Waals surface area contributed by atoms with Crippen LogP contribution in [0.2, 0.25) is 0 Å². The molecule has 0 amide bonds. The van der Waals surface area contributed by atoms with Crippen LogP contribution in [0.3, 0.4) is 0 Å². The lowest BCUT2D eigenvalue weighted by atomic mass is 9.49. The molecule has 8 aliphatic carbocycles. The standard InChI is InChI=1S/C13H21ClO.C11H17ClO2.C2H6/c14-9-15-2-1-13-6-10-3-11(7-13)5-12(4-10)8-13;12-7-14-11-4-8-1-9(5-11)3-10(13,2-8)6-11;1-2/h10-12H,1-9H2;8-9,13H,1-7H2;1-2H3. The van der Waals surface area contributed by atoms with Crippen molar-refractivity contribution in [2.45, 2.75) is 109 Å². The van der Waals surface area contributed by atoms with Gasteiger partial charge in [-0.2, -0.15) is 0 Å². The van der Waals surface area contributed by atoms with Crippen molar-refractivity contribution >= 4 is 23.2 Å². The van der Waals surface area contributed by atoms with Gasteiger partial charge in [0.25, 0.3) is 0 Å². The molecule has 0 saturated heterocycles. The van der Waals surface area contributed by atoms with Gasteiger partial charge in [0.05, 0.1) is 11.2 Å². The van der Waals surface area contributed by atoms with Crippen LogP contribution in [0.15, 0.2) is 0 Å². The van der Waals surface area contributed by atoms with Gasteiger partial charge >= 0.3 is 0 Å². The smallest absolute Gasteiger partial charge is 0.121 e. The summed E-state index contributed by atoms with van der Waals surface area (Å²) in [7, 11) is 0. The lowest BCUT2D eigenvalue weighted by Gasteiger charge is -2.59. The van der Waals surface area contributed by atoms with Crippen LogP contribution in [0.4, 0.5) is 0 Å². The molecule has 8 saturated carbocycles. The number of alkyl halides is 2. The molecule has 2 unspecified atom stereocenters. The molecule has 0 spiro atoms. The monoisotopic (exact) mass is 474 g/mol. The van der Waals surface area contributed by atoms with Gasteiger partial charge in [-0.1, -0.05) is 37.0 Å². The van der Waals surface area contributed by atoms with E-state index in [2.05, 4.69) is 0 Å². The van der Waals surface area contributed by atoms with Crippen molar-refractivity contribution in [2.24, 2.45) is 35.0 Å². The third kappa shape index (κ3) is 5.42. The lowest BCUT2D eigenvalue weighted by molar-refractivity contribution is -0.213. The minimum atomic E-state index is -0.420. The largest absolute Gasteiger partial charge is 0.390 e. The molecular weight excluding hydrogens is 431 g/mol. The fraction of sp³-hybridized carbons (Fsp3) is 1.00. The summed E-state index contributed by atoms with van der Waals surface area (Å²) in [5.74, 6) is 4.56. The van der Waals surface area contributed by atoms with Crippen molar-refractivity contribution in [1.82, 2.24) is 0 Å². The van der Waals surface area contributed by atoms with Crippen molar-refractivity contribution in [3.8, 4) is 0 Å². The lowest BCUT2D eigenvalue weighted by Crippen LogP contribution is -2.59. The molecule has 31 heavy (non-hydrogen) atoms. The minimum absolute atomic E-state index is 0.0689. The molecule has 2 atom stereocenters. The highest BCUT2D eigenvalue weighted by atomic mass is 35.5. The van der Waals surface area contributed by atoms with E-state index in [-0.39, 0.29) is 11.7 Å². The first-order valence-corrected chi connectivity index (χ1v) is 14.1. The number of hydrogen-bond donors (Lipinski definition) is 1. The summed E-state index contributed by atoms with van der Waals surface area (Å²) in [6.45, 7) is 4.88. The maximum atomic E-state index is 10.4. The van der Waals surface area contributed by atoms with E-state index < -0.39 is 5.60 Å². The molecule has 8 fully saturated rings. The topological polar surface area (TPSA) is 38.7 Å². The van der Waals surface area contributed by atoms with Crippen molar-refractivity contribution in [2.75, 3.05) is 18.7 Å². The summed E-state index contributed by atoms with van der Waals surface area (Å²) in [4.78, 5) is 0. The minimum Gasteiger partial charge on any atom is -0.390 e. The molecule has 0 radical (unpaired) electrons. The fourth-order valence-corrected chi connectivity index (χ4v) is 9.70. The number of ether oxygens (including phenoxy) is 2.